The summed E-state index contributed by atoms with van der Waals surface area (Å²) in [5.74, 6) is 1.07. The SMILES string of the molecule is COc1ccc(C(C)=O)cc1CSCC(=O)OCC(=O)N[C@@H]1CCCC[C@@H]1C. The van der Waals surface area contributed by atoms with Gasteiger partial charge in [-0.25, -0.2) is 0 Å². The van der Waals surface area contributed by atoms with Crippen molar-refractivity contribution in [2.75, 3.05) is 19.5 Å². The normalized spacial score (nSPS) is 19.0. The second kappa shape index (κ2) is 11.1. The third-order valence-corrected chi connectivity index (χ3v) is 5.94. The van der Waals surface area contributed by atoms with Crippen LogP contribution in [0.1, 0.15) is 55.5 Å². The number of thioether (sulfide) groups is 1. The van der Waals surface area contributed by atoms with Crippen molar-refractivity contribution in [3.63, 3.8) is 0 Å². The number of carbonyl (C=O) groups is 3. The van der Waals surface area contributed by atoms with Gasteiger partial charge in [-0.15, -0.1) is 11.8 Å². The first kappa shape index (κ1) is 22.3. The van der Waals surface area contributed by atoms with Gasteiger partial charge in [0.2, 0.25) is 0 Å². The summed E-state index contributed by atoms with van der Waals surface area (Å²) in [7, 11) is 1.57. The van der Waals surface area contributed by atoms with E-state index in [1.807, 2.05) is 0 Å². The number of benzene rings is 1. The van der Waals surface area contributed by atoms with Crippen molar-refractivity contribution in [2.24, 2.45) is 5.92 Å². The number of amides is 1. The topological polar surface area (TPSA) is 81.7 Å². The lowest BCUT2D eigenvalue weighted by molar-refractivity contribution is -0.146. The zero-order valence-electron chi connectivity index (χ0n) is 16.8. The van der Waals surface area contributed by atoms with Crippen molar-refractivity contribution in [3.05, 3.63) is 29.3 Å². The minimum Gasteiger partial charge on any atom is -0.496 e. The van der Waals surface area contributed by atoms with Gasteiger partial charge in [-0.1, -0.05) is 19.8 Å². The van der Waals surface area contributed by atoms with E-state index in [2.05, 4.69) is 12.2 Å². The molecule has 6 nitrogen and oxygen atoms in total. The van der Waals surface area contributed by atoms with E-state index in [4.69, 9.17) is 9.47 Å². The first-order chi connectivity index (χ1) is 13.4. The maximum Gasteiger partial charge on any atom is 0.316 e. The van der Waals surface area contributed by atoms with Gasteiger partial charge in [0.1, 0.15) is 5.75 Å². The molecule has 1 aliphatic rings. The molecule has 1 aromatic carbocycles. The van der Waals surface area contributed by atoms with Crippen molar-refractivity contribution in [3.8, 4) is 5.75 Å². The van der Waals surface area contributed by atoms with Gasteiger partial charge in [-0.05, 0) is 43.9 Å². The molecular formula is C21H29NO5S. The fourth-order valence-electron chi connectivity index (χ4n) is 3.32. The van der Waals surface area contributed by atoms with Gasteiger partial charge in [0.15, 0.2) is 12.4 Å². The standard InChI is InChI=1S/C21H29NO5S/c1-14-6-4-5-7-18(14)22-20(24)11-27-21(25)13-28-12-17-10-16(15(2)23)8-9-19(17)26-3/h8-10,14,18H,4-7,11-13H2,1-3H3,(H,22,24)/t14-,18+/m0/s1. The average molecular weight is 408 g/mol. The zero-order chi connectivity index (χ0) is 20.5. The van der Waals surface area contributed by atoms with E-state index in [9.17, 15) is 14.4 Å². The Labute approximate surface area is 170 Å². The molecule has 0 heterocycles. The largest absolute Gasteiger partial charge is 0.496 e. The number of carbonyl (C=O) groups excluding carboxylic acids is 3. The van der Waals surface area contributed by atoms with E-state index in [1.54, 1.807) is 25.3 Å². The lowest BCUT2D eigenvalue weighted by Crippen LogP contribution is -2.43. The van der Waals surface area contributed by atoms with Crippen LogP contribution in [-0.4, -0.2) is 43.2 Å². The van der Waals surface area contributed by atoms with E-state index in [-0.39, 0.29) is 30.1 Å². The molecular weight excluding hydrogens is 378 g/mol. The molecule has 7 heteroatoms. The molecule has 0 saturated heterocycles. The number of nitrogens with one attached hydrogen (secondary N) is 1. The number of methoxy groups -OCH3 is 1. The summed E-state index contributed by atoms with van der Waals surface area (Å²) < 4.78 is 10.4. The molecule has 154 valence electrons. The quantitative estimate of drug-likeness (QED) is 0.499. The summed E-state index contributed by atoms with van der Waals surface area (Å²) in [4.78, 5) is 35.4. The molecule has 1 N–H and O–H groups in total. The molecule has 2 atom stereocenters. The molecule has 0 radical (unpaired) electrons. The summed E-state index contributed by atoms with van der Waals surface area (Å²) in [6.45, 7) is 3.41. The van der Waals surface area contributed by atoms with Crippen LogP contribution in [0.3, 0.4) is 0 Å². The molecule has 1 fully saturated rings. The van der Waals surface area contributed by atoms with Crippen molar-refractivity contribution in [2.45, 2.75) is 51.3 Å². The molecule has 0 bridgehead atoms. The second-order valence-electron chi connectivity index (χ2n) is 7.17. The van der Waals surface area contributed by atoms with Crippen molar-refractivity contribution >= 4 is 29.4 Å². The summed E-state index contributed by atoms with van der Waals surface area (Å²) in [5, 5.41) is 2.97. The van der Waals surface area contributed by atoms with Crippen LogP contribution in [0.15, 0.2) is 18.2 Å². The van der Waals surface area contributed by atoms with Gasteiger partial charge in [-0.3, -0.25) is 14.4 Å². The van der Waals surface area contributed by atoms with E-state index < -0.39 is 5.97 Å². The number of rotatable bonds is 9. The molecule has 0 aromatic heterocycles. The Morgan fingerprint density at radius 1 is 1.21 bits per heavy atom. The fourth-order valence-corrected chi connectivity index (χ4v) is 4.12. The van der Waals surface area contributed by atoms with Crippen molar-refractivity contribution in [1.29, 1.82) is 0 Å². The third kappa shape index (κ3) is 6.86. The molecule has 0 unspecified atom stereocenters. The molecule has 0 spiro atoms. The Kier molecular flexibility index (Phi) is 8.83. The maximum absolute atomic E-state index is 12.0. The van der Waals surface area contributed by atoms with Gasteiger partial charge in [0.25, 0.3) is 5.91 Å². The van der Waals surface area contributed by atoms with Crippen LogP contribution in [-0.2, 0) is 20.1 Å². The minimum absolute atomic E-state index is 0.0217. The van der Waals surface area contributed by atoms with Crippen molar-refractivity contribution < 1.29 is 23.9 Å². The number of ether oxygens (including phenoxy) is 2. The second-order valence-corrected chi connectivity index (χ2v) is 8.16. The van der Waals surface area contributed by atoms with E-state index in [0.717, 1.165) is 24.8 Å². The van der Waals surface area contributed by atoms with Gasteiger partial charge >= 0.3 is 5.97 Å². The average Bonchev–Trinajstić information content (AvgIpc) is 2.68. The van der Waals surface area contributed by atoms with Gasteiger partial charge < -0.3 is 14.8 Å². The maximum atomic E-state index is 12.0. The molecule has 1 amide bonds. The first-order valence-corrected chi connectivity index (χ1v) is 10.8. The van der Waals surface area contributed by atoms with E-state index in [0.29, 0.717) is 23.0 Å². The fraction of sp³-hybridized carbons (Fsp3) is 0.571. The van der Waals surface area contributed by atoms with Crippen LogP contribution >= 0.6 is 11.8 Å². The van der Waals surface area contributed by atoms with Gasteiger partial charge in [-0.2, -0.15) is 0 Å². The van der Waals surface area contributed by atoms with E-state index >= 15 is 0 Å². The minimum atomic E-state index is -0.432. The Hall–Kier alpha value is -2.02. The molecule has 1 saturated carbocycles. The highest BCUT2D eigenvalue weighted by molar-refractivity contribution is 7.99. The van der Waals surface area contributed by atoms with Crippen LogP contribution < -0.4 is 10.1 Å². The van der Waals surface area contributed by atoms with Crippen LogP contribution in [0.4, 0.5) is 0 Å². The Balaban J connectivity index is 1.73. The first-order valence-electron chi connectivity index (χ1n) is 9.61. The lowest BCUT2D eigenvalue weighted by Gasteiger charge is -2.29. The van der Waals surface area contributed by atoms with Crippen LogP contribution in [0.25, 0.3) is 0 Å². The molecule has 28 heavy (non-hydrogen) atoms. The summed E-state index contributed by atoms with van der Waals surface area (Å²) in [6, 6.07) is 5.42. The number of Topliss-reactive ketones (excluding diaryl/α,β-unsaturated/α-hetero) is 1. The summed E-state index contributed by atoms with van der Waals surface area (Å²) >= 11 is 1.35. The van der Waals surface area contributed by atoms with Crippen LogP contribution in [0.5, 0.6) is 5.75 Å². The predicted octanol–water partition coefficient (Wildman–Crippen LogP) is 3.37. The van der Waals surface area contributed by atoms with Gasteiger partial charge in [0, 0.05) is 22.9 Å². The number of hydrogen-bond acceptors (Lipinski definition) is 6. The lowest BCUT2D eigenvalue weighted by atomic mass is 9.86. The monoisotopic (exact) mass is 407 g/mol. The molecule has 1 aromatic rings. The number of hydrogen-bond donors (Lipinski definition) is 1. The summed E-state index contributed by atoms with van der Waals surface area (Å²) in [6.07, 6.45) is 4.44. The Morgan fingerprint density at radius 3 is 2.64 bits per heavy atom. The molecule has 2 rings (SSSR count). The summed E-state index contributed by atoms with van der Waals surface area (Å²) in [5.41, 5.74) is 1.45. The van der Waals surface area contributed by atoms with Crippen molar-refractivity contribution in [1.82, 2.24) is 5.32 Å². The number of ketones is 1. The Morgan fingerprint density at radius 2 is 1.96 bits per heavy atom. The highest BCUT2D eigenvalue weighted by atomic mass is 32.2. The van der Waals surface area contributed by atoms with Gasteiger partial charge in [0.05, 0.1) is 12.9 Å². The van der Waals surface area contributed by atoms with Crippen LogP contribution in [0, 0.1) is 5.92 Å². The molecule has 1 aliphatic carbocycles. The smallest absolute Gasteiger partial charge is 0.316 e. The highest BCUT2D eigenvalue weighted by Crippen LogP contribution is 2.25. The van der Waals surface area contributed by atoms with E-state index in [1.165, 1.54) is 25.1 Å². The van der Waals surface area contributed by atoms with Crippen LogP contribution in [0.2, 0.25) is 0 Å². The molecule has 0 aliphatic heterocycles. The third-order valence-electron chi connectivity index (χ3n) is 4.99. The number of esters is 1. The Bertz CT molecular complexity index is 706. The zero-order valence-corrected chi connectivity index (χ0v) is 17.6. The predicted molar refractivity (Wildman–Crippen MR) is 110 cm³/mol. The highest BCUT2D eigenvalue weighted by Gasteiger charge is 2.23.